The molecule has 1 unspecified atom stereocenters. The van der Waals surface area contributed by atoms with E-state index in [-0.39, 0.29) is 0 Å². The molecule has 0 aromatic heterocycles. The first-order valence-corrected chi connectivity index (χ1v) is 8.77. The maximum atomic E-state index is 13.3. The standard InChI is InChI=1S/C17H22NO2P/c1-14-5-9-16(10-6-14)20-21(19,13-18(3)4)17-11-7-15(2)8-12-17/h5-12H,13H2,1-4H3. The third-order valence-corrected chi connectivity index (χ3v) is 5.70. The van der Waals surface area contributed by atoms with Crippen LogP contribution in [-0.4, -0.2) is 25.3 Å². The Labute approximate surface area is 127 Å². The highest BCUT2D eigenvalue weighted by atomic mass is 31.2. The second-order valence-corrected chi connectivity index (χ2v) is 7.96. The summed E-state index contributed by atoms with van der Waals surface area (Å²) in [6.07, 6.45) is 0.379. The zero-order valence-electron chi connectivity index (χ0n) is 13.0. The Morgan fingerprint density at radius 1 is 0.905 bits per heavy atom. The second kappa shape index (κ2) is 6.46. The molecule has 0 aliphatic heterocycles. The first-order valence-electron chi connectivity index (χ1n) is 6.96. The molecule has 0 heterocycles. The van der Waals surface area contributed by atoms with Gasteiger partial charge in [0.2, 0.25) is 0 Å². The van der Waals surface area contributed by atoms with Crippen molar-refractivity contribution in [3.05, 3.63) is 59.7 Å². The first-order chi connectivity index (χ1) is 9.89. The van der Waals surface area contributed by atoms with Crippen molar-refractivity contribution < 1.29 is 9.09 Å². The van der Waals surface area contributed by atoms with E-state index in [1.807, 2.05) is 81.4 Å². The predicted molar refractivity (Wildman–Crippen MR) is 88.8 cm³/mol. The number of rotatable bonds is 5. The van der Waals surface area contributed by atoms with Crippen molar-refractivity contribution in [1.29, 1.82) is 0 Å². The summed E-state index contributed by atoms with van der Waals surface area (Å²) in [6.45, 7) is 4.03. The van der Waals surface area contributed by atoms with Crippen molar-refractivity contribution in [1.82, 2.24) is 4.90 Å². The van der Waals surface area contributed by atoms with Crippen LogP contribution in [0.3, 0.4) is 0 Å². The molecule has 0 aliphatic rings. The van der Waals surface area contributed by atoms with E-state index in [9.17, 15) is 4.57 Å². The highest BCUT2D eigenvalue weighted by molar-refractivity contribution is 7.67. The molecular formula is C17H22NO2P. The largest absolute Gasteiger partial charge is 0.439 e. The Balaban J connectivity index is 2.34. The van der Waals surface area contributed by atoms with Crippen LogP contribution in [0.2, 0.25) is 0 Å². The van der Waals surface area contributed by atoms with E-state index < -0.39 is 7.37 Å². The summed E-state index contributed by atoms with van der Waals surface area (Å²) in [5.74, 6) is 0.645. The molecule has 0 aliphatic carbocycles. The topological polar surface area (TPSA) is 29.5 Å². The number of benzene rings is 2. The molecule has 3 nitrogen and oxygen atoms in total. The van der Waals surface area contributed by atoms with Crippen LogP contribution >= 0.6 is 7.37 Å². The molecule has 112 valence electrons. The van der Waals surface area contributed by atoms with Gasteiger partial charge in [0.1, 0.15) is 5.75 Å². The van der Waals surface area contributed by atoms with Gasteiger partial charge in [-0.05, 0) is 52.2 Å². The lowest BCUT2D eigenvalue weighted by Gasteiger charge is -2.23. The normalized spacial score (nSPS) is 14.0. The molecule has 0 amide bonds. The third-order valence-electron chi connectivity index (χ3n) is 3.17. The van der Waals surface area contributed by atoms with Gasteiger partial charge in [-0.3, -0.25) is 9.46 Å². The zero-order chi connectivity index (χ0) is 15.5. The number of hydrogen-bond donors (Lipinski definition) is 0. The van der Waals surface area contributed by atoms with E-state index in [2.05, 4.69) is 0 Å². The van der Waals surface area contributed by atoms with Crippen LogP contribution < -0.4 is 9.83 Å². The van der Waals surface area contributed by atoms with Crippen LogP contribution in [0.1, 0.15) is 11.1 Å². The molecule has 0 saturated heterocycles. The average Bonchev–Trinajstić information content (AvgIpc) is 2.41. The van der Waals surface area contributed by atoms with E-state index in [0.717, 1.165) is 16.4 Å². The molecule has 0 spiro atoms. The van der Waals surface area contributed by atoms with E-state index in [1.165, 1.54) is 0 Å². The number of nitrogens with zero attached hydrogens (tertiary/aromatic N) is 1. The maximum Gasteiger partial charge on any atom is 0.290 e. The second-order valence-electron chi connectivity index (χ2n) is 5.63. The zero-order valence-corrected chi connectivity index (χ0v) is 13.9. The Morgan fingerprint density at radius 3 is 1.86 bits per heavy atom. The molecule has 2 rings (SSSR count). The monoisotopic (exact) mass is 303 g/mol. The van der Waals surface area contributed by atoms with Crippen LogP contribution in [0.5, 0.6) is 5.75 Å². The van der Waals surface area contributed by atoms with Crippen LogP contribution in [0.4, 0.5) is 0 Å². The van der Waals surface area contributed by atoms with Crippen molar-refractivity contribution in [3.8, 4) is 5.75 Å². The first kappa shape index (κ1) is 15.8. The molecule has 0 N–H and O–H groups in total. The Kier molecular flexibility index (Phi) is 4.87. The molecule has 0 radical (unpaired) electrons. The minimum Gasteiger partial charge on any atom is -0.439 e. The molecule has 0 bridgehead atoms. The fourth-order valence-corrected chi connectivity index (χ4v) is 4.21. The molecule has 2 aromatic rings. The van der Waals surface area contributed by atoms with Gasteiger partial charge in [-0.15, -0.1) is 0 Å². The maximum absolute atomic E-state index is 13.3. The van der Waals surface area contributed by atoms with Gasteiger partial charge >= 0.3 is 0 Å². The molecular weight excluding hydrogens is 281 g/mol. The summed E-state index contributed by atoms with van der Waals surface area (Å²) >= 11 is 0. The van der Waals surface area contributed by atoms with Crippen LogP contribution in [0, 0.1) is 13.8 Å². The minimum absolute atomic E-state index is 0.379. The van der Waals surface area contributed by atoms with Gasteiger partial charge in [0.05, 0.1) is 6.29 Å². The van der Waals surface area contributed by atoms with E-state index in [1.54, 1.807) is 0 Å². The molecule has 21 heavy (non-hydrogen) atoms. The quantitative estimate of drug-likeness (QED) is 0.787. The minimum atomic E-state index is -2.96. The third kappa shape index (κ3) is 4.20. The van der Waals surface area contributed by atoms with Crippen molar-refractivity contribution in [3.63, 3.8) is 0 Å². The summed E-state index contributed by atoms with van der Waals surface area (Å²) in [6, 6.07) is 15.4. The lowest BCUT2D eigenvalue weighted by molar-refractivity contribution is 0.425. The van der Waals surface area contributed by atoms with Crippen molar-refractivity contribution in [2.75, 3.05) is 20.4 Å². The van der Waals surface area contributed by atoms with Gasteiger partial charge in [-0.2, -0.15) is 0 Å². The van der Waals surface area contributed by atoms with Gasteiger partial charge in [0.25, 0.3) is 7.37 Å². The lowest BCUT2D eigenvalue weighted by atomic mass is 10.2. The summed E-state index contributed by atoms with van der Waals surface area (Å²) < 4.78 is 19.2. The van der Waals surface area contributed by atoms with E-state index >= 15 is 0 Å². The summed E-state index contributed by atoms with van der Waals surface area (Å²) in [5.41, 5.74) is 2.30. The SMILES string of the molecule is Cc1ccc(OP(=O)(CN(C)C)c2ccc(C)cc2)cc1. The van der Waals surface area contributed by atoms with Gasteiger partial charge in [0.15, 0.2) is 0 Å². The van der Waals surface area contributed by atoms with Gasteiger partial charge < -0.3 is 4.52 Å². The van der Waals surface area contributed by atoms with Crippen LogP contribution in [0.15, 0.2) is 48.5 Å². The Bertz CT molecular complexity index is 633. The van der Waals surface area contributed by atoms with E-state index in [4.69, 9.17) is 4.52 Å². The van der Waals surface area contributed by atoms with Crippen molar-refractivity contribution in [2.45, 2.75) is 13.8 Å². The van der Waals surface area contributed by atoms with Crippen LogP contribution in [-0.2, 0) is 4.57 Å². The van der Waals surface area contributed by atoms with Crippen molar-refractivity contribution in [2.24, 2.45) is 0 Å². The molecule has 4 heteroatoms. The molecule has 2 aromatic carbocycles. The molecule has 0 fully saturated rings. The summed E-state index contributed by atoms with van der Waals surface area (Å²) in [5, 5.41) is 0.752. The van der Waals surface area contributed by atoms with Crippen molar-refractivity contribution >= 4 is 12.7 Å². The van der Waals surface area contributed by atoms with Crippen LogP contribution in [0.25, 0.3) is 0 Å². The Hall–Kier alpha value is -1.57. The van der Waals surface area contributed by atoms with Gasteiger partial charge in [0, 0.05) is 5.30 Å². The highest BCUT2D eigenvalue weighted by Crippen LogP contribution is 2.46. The molecule has 1 atom stereocenters. The highest BCUT2D eigenvalue weighted by Gasteiger charge is 2.28. The van der Waals surface area contributed by atoms with Gasteiger partial charge in [-0.1, -0.05) is 35.4 Å². The van der Waals surface area contributed by atoms with E-state index in [0.29, 0.717) is 12.0 Å². The fraction of sp³-hybridized carbons (Fsp3) is 0.294. The Morgan fingerprint density at radius 2 is 1.38 bits per heavy atom. The summed E-state index contributed by atoms with van der Waals surface area (Å²) in [7, 11) is 0.845. The number of hydrogen-bond acceptors (Lipinski definition) is 3. The number of aryl methyl sites for hydroxylation is 2. The smallest absolute Gasteiger partial charge is 0.290 e. The van der Waals surface area contributed by atoms with Gasteiger partial charge in [-0.25, -0.2) is 0 Å². The lowest BCUT2D eigenvalue weighted by Crippen LogP contribution is -2.22. The molecule has 0 saturated carbocycles. The fourth-order valence-electron chi connectivity index (χ4n) is 2.08. The average molecular weight is 303 g/mol. The predicted octanol–water partition coefficient (Wildman–Crippen LogP) is 3.80. The summed E-state index contributed by atoms with van der Waals surface area (Å²) in [4.78, 5) is 1.90.